The predicted molar refractivity (Wildman–Crippen MR) is 146 cm³/mol. The van der Waals surface area contributed by atoms with Gasteiger partial charge in [-0.15, -0.1) is 0 Å². The highest BCUT2D eigenvalue weighted by Gasteiger charge is 2.30. The first kappa shape index (κ1) is 27.9. The van der Waals surface area contributed by atoms with Gasteiger partial charge in [0.2, 0.25) is 11.8 Å². The summed E-state index contributed by atoms with van der Waals surface area (Å²) >= 11 is 18.2. The van der Waals surface area contributed by atoms with Gasteiger partial charge in [0.05, 0.1) is 16.7 Å². The van der Waals surface area contributed by atoms with Gasteiger partial charge >= 0.3 is 0 Å². The molecule has 2 amide bonds. The van der Waals surface area contributed by atoms with Crippen LogP contribution in [-0.2, 0) is 22.6 Å². The van der Waals surface area contributed by atoms with Crippen LogP contribution >= 0.6 is 34.8 Å². The maximum atomic E-state index is 13.5. The van der Waals surface area contributed by atoms with Crippen LogP contribution in [0, 0.1) is 0 Å². The second-order valence-corrected chi connectivity index (χ2v) is 9.53. The first-order valence-corrected chi connectivity index (χ1v) is 12.9. The zero-order valence-corrected chi connectivity index (χ0v) is 22.3. The summed E-state index contributed by atoms with van der Waals surface area (Å²) in [6.07, 6.45) is 1.10. The number of hydrogen-bond donors (Lipinski definition) is 1. The second-order valence-electron chi connectivity index (χ2n) is 8.28. The van der Waals surface area contributed by atoms with Crippen LogP contribution in [0.5, 0.6) is 5.75 Å². The third-order valence-corrected chi connectivity index (χ3v) is 6.57. The smallest absolute Gasteiger partial charge is 0.243 e. The first-order valence-electron chi connectivity index (χ1n) is 11.8. The number of rotatable bonds is 12. The lowest BCUT2D eigenvalue weighted by atomic mass is 10.0. The summed E-state index contributed by atoms with van der Waals surface area (Å²) in [5, 5.41) is 4.35. The third-order valence-electron chi connectivity index (χ3n) is 5.58. The Morgan fingerprint density at radius 1 is 0.917 bits per heavy atom. The van der Waals surface area contributed by atoms with E-state index in [4.69, 9.17) is 39.5 Å². The van der Waals surface area contributed by atoms with Crippen LogP contribution in [0.3, 0.4) is 0 Å². The fraction of sp³-hybridized carbons (Fsp3) is 0.286. The number of nitrogens with zero attached hydrogens (tertiary/aromatic N) is 1. The summed E-state index contributed by atoms with van der Waals surface area (Å²) < 4.78 is 5.74. The van der Waals surface area contributed by atoms with Crippen molar-refractivity contribution in [1.29, 1.82) is 0 Å². The second kappa shape index (κ2) is 14.1. The van der Waals surface area contributed by atoms with Gasteiger partial charge in [-0.05, 0) is 60.9 Å². The number of carbonyl (C=O) groups excluding carboxylic acids is 2. The highest BCUT2D eigenvalue weighted by molar-refractivity contribution is 6.42. The summed E-state index contributed by atoms with van der Waals surface area (Å²) in [5.41, 5.74) is 1.75. The summed E-state index contributed by atoms with van der Waals surface area (Å²) in [6, 6.07) is 21.3. The van der Waals surface area contributed by atoms with Gasteiger partial charge in [0.25, 0.3) is 0 Å². The van der Waals surface area contributed by atoms with E-state index in [1.165, 1.54) is 0 Å². The molecular formula is C28H29Cl3N2O3. The van der Waals surface area contributed by atoms with E-state index in [1.807, 2.05) is 43.3 Å². The minimum Gasteiger partial charge on any atom is -0.494 e. The number of nitrogens with one attached hydrogen (secondary N) is 1. The van der Waals surface area contributed by atoms with Crippen LogP contribution in [-0.4, -0.2) is 35.9 Å². The first-order chi connectivity index (χ1) is 17.4. The van der Waals surface area contributed by atoms with Gasteiger partial charge in [-0.25, -0.2) is 0 Å². The molecule has 0 spiro atoms. The third kappa shape index (κ3) is 8.44. The molecule has 0 aliphatic heterocycles. The van der Waals surface area contributed by atoms with E-state index in [-0.39, 0.29) is 24.8 Å². The molecule has 0 fully saturated rings. The molecule has 3 aromatic carbocycles. The van der Waals surface area contributed by atoms with Gasteiger partial charge in [0.15, 0.2) is 0 Å². The van der Waals surface area contributed by atoms with Crippen LogP contribution in [0.2, 0.25) is 15.1 Å². The summed E-state index contributed by atoms with van der Waals surface area (Å²) in [5.74, 6) is 0.337. The van der Waals surface area contributed by atoms with Crippen LogP contribution < -0.4 is 10.1 Å². The Bertz CT molecular complexity index is 1140. The molecule has 3 rings (SSSR count). The van der Waals surface area contributed by atoms with Crippen LogP contribution in [0.4, 0.5) is 0 Å². The number of carbonyl (C=O) groups is 2. The Morgan fingerprint density at radius 3 is 2.31 bits per heavy atom. The van der Waals surface area contributed by atoms with Gasteiger partial charge in [-0.1, -0.05) is 71.2 Å². The number of hydrogen-bond acceptors (Lipinski definition) is 3. The van der Waals surface area contributed by atoms with E-state index >= 15 is 0 Å². The van der Waals surface area contributed by atoms with Gasteiger partial charge in [0.1, 0.15) is 11.8 Å². The molecule has 0 heterocycles. The fourth-order valence-electron chi connectivity index (χ4n) is 3.77. The number of benzene rings is 3. The van der Waals surface area contributed by atoms with Gasteiger partial charge in [0, 0.05) is 31.0 Å². The molecule has 0 bridgehead atoms. The monoisotopic (exact) mass is 546 g/mol. The molecular weight excluding hydrogens is 519 g/mol. The topological polar surface area (TPSA) is 58.6 Å². The van der Waals surface area contributed by atoms with Gasteiger partial charge in [-0.2, -0.15) is 0 Å². The molecule has 0 aliphatic rings. The van der Waals surface area contributed by atoms with Crippen molar-refractivity contribution in [3.05, 3.63) is 99.0 Å². The quantitative estimate of drug-likeness (QED) is 0.261. The van der Waals surface area contributed by atoms with E-state index in [9.17, 15) is 9.59 Å². The molecule has 0 saturated heterocycles. The van der Waals surface area contributed by atoms with Gasteiger partial charge in [-0.3, -0.25) is 9.59 Å². The molecule has 190 valence electrons. The zero-order chi connectivity index (χ0) is 25.9. The van der Waals surface area contributed by atoms with E-state index in [0.717, 1.165) is 11.1 Å². The molecule has 3 aromatic rings. The largest absolute Gasteiger partial charge is 0.494 e. The maximum Gasteiger partial charge on any atom is 0.243 e. The summed E-state index contributed by atoms with van der Waals surface area (Å²) in [6.45, 7) is 2.91. The van der Waals surface area contributed by atoms with Crippen molar-refractivity contribution >= 4 is 46.6 Å². The van der Waals surface area contributed by atoms with Crippen molar-refractivity contribution in [2.45, 2.75) is 38.8 Å². The molecule has 0 aromatic heterocycles. The van der Waals surface area contributed by atoms with E-state index in [2.05, 4.69) is 5.32 Å². The molecule has 0 aliphatic carbocycles. The Kier molecular flexibility index (Phi) is 10.9. The predicted octanol–water partition coefficient (Wildman–Crippen LogP) is 6.58. The van der Waals surface area contributed by atoms with Crippen LogP contribution in [0.1, 0.15) is 30.9 Å². The summed E-state index contributed by atoms with van der Waals surface area (Å²) in [7, 11) is 0. The molecule has 36 heavy (non-hydrogen) atoms. The minimum absolute atomic E-state index is 0.145. The molecule has 1 atom stereocenters. The summed E-state index contributed by atoms with van der Waals surface area (Å²) in [4.78, 5) is 28.3. The number of amides is 2. The van der Waals surface area contributed by atoms with E-state index in [0.29, 0.717) is 46.8 Å². The van der Waals surface area contributed by atoms with Crippen molar-refractivity contribution in [2.75, 3.05) is 13.2 Å². The van der Waals surface area contributed by atoms with Crippen LogP contribution in [0.25, 0.3) is 0 Å². The van der Waals surface area contributed by atoms with E-state index < -0.39 is 6.04 Å². The SMILES string of the molecule is CCNC(=O)C(Cc1ccccc1)N(Cc1ccc(Cl)c(Cl)c1)C(=O)CCCOc1ccc(Cl)cc1. The lowest BCUT2D eigenvalue weighted by Crippen LogP contribution is -2.50. The standard InChI is InChI=1S/C28H29Cl3N2O3/c1-2-32-28(35)26(18-20-7-4-3-5-8-20)33(19-21-10-15-24(30)25(31)17-21)27(34)9-6-16-36-23-13-11-22(29)12-14-23/h3-5,7-8,10-15,17,26H,2,6,9,16,18-19H2,1H3,(H,32,35). The average Bonchev–Trinajstić information content (AvgIpc) is 2.87. The Morgan fingerprint density at radius 2 is 1.64 bits per heavy atom. The number of likely N-dealkylation sites (N-methyl/N-ethyl adjacent to an activating group) is 1. The molecule has 8 heteroatoms. The molecule has 0 saturated carbocycles. The maximum absolute atomic E-state index is 13.5. The molecule has 0 radical (unpaired) electrons. The lowest BCUT2D eigenvalue weighted by molar-refractivity contribution is -0.141. The highest BCUT2D eigenvalue weighted by Crippen LogP contribution is 2.25. The molecule has 1 unspecified atom stereocenters. The molecule has 1 N–H and O–H groups in total. The highest BCUT2D eigenvalue weighted by atomic mass is 35.5. The molecule has 5 nitrogen and oxygen atoms in total. The number of halogens is 3. The van der Waals surface area contributed by atoms with Crippen molar-refractivity contribution < 1.29 is 14.3 Å². The Hall–Kier alpha value is -2.73. The lowest BCUT2D eigenvalue weighted by Gasteiger charge is -2.31. The zero-order valence-electron chi connectivity index (χ0n) is 20.1. The van der Waals surface area contributed by atoms with E-state index in [1.54, 1.807) is 41.3 Å². The minimum atomic E-state index is -0.688. The Labute approximate surface area is 227 Å². The van der Waals surface area contributed by atoms with Gasteiger partial charge < -0.3 is 15.0 Å². The van der Waals surface area contributed by atoms with Crippen molar-refractivity contribution in [3.8, 4) is 5.75 Å². The van der Waals surface area contributed by atoms with Crippen molar-refractivity contribution in [3.63, 3.8) is 0 Å². The number of ether oxygens (including phenoxy) is 1. The average molecular weight is 548 g/mol. The van der Waals surface area contributed by atoms with Crippen LogP contribution in [0.15, 0.2) is 72.8 Å². The Balaban J connectivity index is 1.78. The van der Waals surface area contributed by atoms with Crippen molar-refractivity contribution in [1.82, 2.24) is 10.2 Å². The fourth-order valence-corrected chi connectivity index (χ4v) is 4.22. The normalized spacial score (nSPS) is 11.6. The van der Waals surface area contributed by atoms with Crippen molar-refractivity contribution in [2.24, 2.45) is 0 Å².